The molecule has 1 aromatic carbocycles. The number of nitrogen functional groups attached to an aromatic ring is 1. The van der Waals surface area contributed by atoms with Gasteiger partial charge in [0.1, 0.15) is 23.8 Å². The van der Waals surface area contributed by atoms with Crippen molar-refractivity contribution in [3.05, 3.63) is 34.6 Å². The van der Waals surface area contributed by atoms with Gasteiger partial charge in [-0.2, -0.15) is 5.10 Å². The monoisotopic (exact) mass is 295 g/mol. The average Bonchev–Trinajstić information content (AvgIpc) is 2.76. The Kier molecular flexibility index (Phi) is 4.39. The van der Waals surface area contributed by atoms with E-state index in [1.165, 1.54) is 6.07 Å². The fraction of sp³-hybridized carbons (Fsp3) is 0.357. The lowest BCUT2D eigenvalue weighted by Crippen LogP contribution is -2.07. The predicted molar refractivity (Wildman–Crippen MR) is 79.1 cm³/mol. The van der Waals surface area contributed by atoms with Gasteiger partial charge in [0.15, 0.2) is 0 Å². The number of nitrogens with zero attached hydrogens (tertiary/aromatic N) is 2. The molecule has 1 aromatic heterocycles. The topological polar surface area (TPSA) is 73.3 Å². The van der Waals surface area contributed by atoms with Crippen molar-refractivity contribution in [1.82, 2.24) is 9.78 Å². The highest BCUT2D eigenvalue weighted by atomic mass is 35.5. The second-order valence-electron chi connectivity index (χ2n) is 4.35. The van der Waals surface area contributed by atoms with Crippen molar-refractivity contribution in [3.63, 3.8) is 0 Å². The van der Waals surface area contributed by atoms with Crippen LogP contribution in [0.15, 0.2) is 18.2 Å². The number of nitrogens with two attached hydrogens (primary N) is 1. The molecule has 0 unspecified atom stereocenters. The van der Waals surface area contributed by atoms with Crippen LogP contribution in [0.3, 0.4) is 0 Å². The van der Waals surface area contributed by atoms with Crippen molar-refractivity contribution in [2.75, 3.05) is 5.73 Å². The van der Waals surface area contributed by atoms with Crippen LogP contribution < -0.4 is 10.5 Å². The second-order valence-corrected chi connectivity index (χ2v) is 4.73. The first kappa shape index (κ1) is 14.5. The highest BCUT2D eigenvalue weighted by molar-refractivity contribution is 6.31. The molecule has 3 N–H and O–H groups in total. The standard InChI is InChI=1S/C14H18ClN3O2/c1-3-9-13(15)10(18(4-2)17-9)8-20-12-7-5-6-11(19)14(12)16/h5-7,19H,3-4,8,16H2,1-2H3. The molecule has 1 heterocycles. The number of halogens is 1. The fourth-order valence-corrected chi connectivity index (χ4v) is 2.28. The van der Waals surface area contributed by atoms with Gasteiger partial charge >= 0.3 is 0 Å². The zero-order valence-corrected chi connectivity index (χ0v) is 12.3. The number of hydrogen-bond donors (Lipinski definition) is 2. The minimum atomic E-state index is 0.00634. The summed E-state index contributed by atoms with van der Waals surface area (Å²) in [6.07, 6.45) is 0.771. The molecular weight excluding hydrogens is 278 g/mol. The third-order valence-corrected chi connectivity index (χ3v) is 3.54. The molecule has 0 spiro atoms. The summed E-state index contributed by atoms with van der Waals surface area (Å²) in [5, 5.41) is 14.6. The van der Waals surface area contributed by atoms with Gasteiger partial charge in [-0.1, -0.05) is 24.6 Å². The van der Waals surface area contributed by atoms with E-state index in [1.54, 1.807) is 12.1 Å². The third kappa shape index (κ3) is 2.67. The van der Waals surface area contributed by atoms with Crippen molar-refractivity contribution in [1.29, 1.82) is 0 Å². The Morgan fingerprint density at radius 2 is 2.15 bits per heavy atom. The van der Waals surface area contributed by atoms with E-state index in [2.05, 4.69) is 5.10 Å². The van der Waals surface area contributed by atoms with Gasteiger partial charge in [0.05, 0.1) is 16.4 Å². The smallest absolute Gasteiger partial charge is 0.146 e. The van der Waals surface area contributed by atoms with Crippen LogP contribution in [0, 0.1) is 0 Å². The van der Waals surface area contributed by atoms with Crippen LogP contribution in [0.2, 0.25) is 5.02 Å². The molecule has 0 saturated heterocycles. The molecule has 0 fully saturated rings. The van der Waals surface area contributed by atoms with Crippen LogP contribution in [-0.2, 0) is 19.6 Å². The lowest BCUT2D eigenvalue weighted by molar-refractivity contribution is 0.293. The number of aryl methyl sites for hydroxylation is 2. The van der Waals surface area contributed by atoms with E-state index >= 15 is 0 Å². The van der Waals surface area contributed by atoms with Gasteiger partial charge in [-0.25, -0.2) is 0 Å². The number of aromatic hydroxyl groups is 1. The normalized spacial score (nSPS) is 10.8. The number of hydrogen-bond acceptors (Lipinski definition) is 4. The molecule has 6 heteroatoms. The van der Waals surface area contributed by atoms with Gasteiger partial charge in [0.25, 0.3) is 0 Å². The molecule has 20 heavy (non-hydrogen) atoms. The molecule has 0 aliphatic rings. The van der Waals surface area contributed by atoms with Crippen LogP contribution in [-0.4, -0.2) is 14.9 Å². The largest absolute Gasteiger partial charge is 0.506 e. The number of anilines is 1. The average molecular weight is 296 g/mol. The van der Waals surface area contributed by atoms with Crippen LogP contribution in [0.4, 0.5) is 5.69 Å². The van der Waals surface area contributed by atoms with Gasteiger partial charge in [-0.15, -0.1) is 0 Å². The number of rotatable bonds is 5. The quantitative estimate of drug-likeness (QED) is 0.657. The molecule has 0 aliphatic heterocycles. The minimum absolute atomic E-state index is 0.00634. The first-order chi connectivity index (χ1) is 9.58. The minimum Gasteiger partial charge on any atom is -0.506 e. The van der Waals surface area contributed by atoms with Gasteiger partial charge in [0, 0.05) is 6.54 Å². The Labute approximate surface area is 122 Å². The summed E-state index contributed by atoms with van der Waals surface area (Å²) in [5.74, 6) is 0.440. The summed E-state index contributed by atoms with van der Waals surface area (Å²) < 4.78 is 7.47. The molecule has 108 valence electrons. The summed E-state index contributed by atoms with van der Waals surface area (Å²) >= 11 is 6.30. The molecule has 5 nitrogen and oxygen atoms in total. The fourth-order valence-electron chi connectivity index (χ4n) is 1.96. The number of phenolic OH excluding ortho intramolecular Hbond substituents is 1. The van der Waals surface area contributed by atoms with Crippen LogP contribution >= 0.6 is 11.6 Å². The summed E-state index contributed by atoms with van der Waals surface area (Å²) in [6, 6.07) is 4.90. The van der Waals surface area contributed by atoms with Crippen molar-refractivity contribution in [2.24, 2.45) is 0 Å². The number of phenols is 1. The van der Waals surface area contributed by atoms with E-state index in [0.717, 1.165) is 17.8 Å². The lowest BCUT2D eigenvalue weighted by Gasteiger charge is -2.11. The number of para-hydroxylation sites is 1. The Morgan fingerprint density at radius 1 is 1.40 bits per heavy atom. The zero-order valence-electron chi connectivity index (χ0n) is 11.6. The number of aromatic nitrogens is 2. The maximum Gasteiger partial charge on any atom is 0.146 e. The van der Waals surface area contributed by atoms with Crippen LogP contribution in [0.5, 0.6) is 11.5 Å². The van der Waals surface area contributed by atoms with Gasteiger partial charge in [-0.05, 0) is 25.5 Å². The van der Waals surface area contributed by atoms with E-state index in [-0.39, 0.29) is 18.0 Å². The van der Waals surface area contributed by atoms with Crippen LogP contribution in [0.25, 0.3) is 0 Å². The predicted octanol–water partition coefficient (Wildman–Crippen LogP) is 2.99. The molecule has 0 amide bonds. The lowest BCUT2D eigenvalue weighted by atomic mass is 10.2. The molecule has 0 radical (unpaired) electrons. The van der Waals surface area contributed by atoms with E-state index in [1.807, 2.05) is 18.5 Å². The van der Waals surface area contributed by atoms with Crippen molar-refractivity contribution < 1.29 is 9.84 Å². The highest BCUT2D eigenvalue weighted by Gasteiger charge is 2.15. The molecule has 0 atom stereocenters. The maximum absolute atomic E-state index is 9.55. The van der Waals surface area contributed by atoms with Gasteiger partial charge in [-0.3, -0.25) is 4.68 Å². The zero-order chi connectivity index (χ0) is 14.7. The Balaban J connectivity index is 2.22. The first-order valence-corrected chi connectivity index (χ1v) is 6.90. The highest BCUT2D eigenvalue weighted by Crippen LogP contribution is 2.31. The second kappa shape index (κ2) is 6.05. The molecular formula is C14H18ClN3O2. The summed E-state index contributed by atoms with van der Waals surface area (Å²) in [6.45, 7) is 4.97. The Morgan fingerprint density at radius 3 is 2.80 bits per heavy atom. The van der Waals surface area contributed by atoms with Crippen molar-refractivity contribution in [2.45, 2.75) is 33.4 Å². The SMILES string of the molecule is CCc1nn(CC)c(COc2cccc(O)c2N)c1Cl. The number of benzene rings is 1. The molecule has 0 saturated carbocycles. The molecule has 0 aliphatic carbocycles. The Bertz CT molecular complexity index is 611. The Hall–Kier alpha value is -1.88. The molecule has 2 rings (SSSR count). The van der Waals surface area contributed by atoms with E-state index < -0.39 is 0 Å². The van der Waals surface area contributed by atoms with Crippen LogP contribution in [0.1, 0.15) is 25.2 Å². The maximum atomic E-state index is 9.55. The summed E-state index contributed by atoms with van der Waals surface area (Å²) in [4.78, 5) is 0. The van der Waals surface area contributed by atoms with E-state index in [9.17, 15) is 5.11 Å². The molecule has 2 aromatic rings. The van der Waals surface area contributed by atoms with Gasteiger partial charge in [0.2, 0.25) is 0 Å². The molecule has 0 bridgehead atoms. The van der Waals surface area contributed by atoms with Crippen molar-refractivity contribution in [3.8, 4) is 11.5 Å². The van der Waals surface area contributed by atoms with E-state index in [0.29, 0.717) is 17.3 Å². The van der Waals surface area contributed by atoms with Crippen molar-refractivity contribution >= 4 is 17.3 Å². The summed E-state index contributed by atoms with van der Waals surface area (Å²) in [7, 11) is 0. The summed E-state index contributed by atoms with van der Waals surface area (Å²) in [5.41, 5.74) is 7.65. The van der Waals surface area contributed by atoms with Gasteiger partial charge < -0.3 is 15.6 Å². The first-order valence-electron chi connectivity index (χ1n) is 6.52. The third-order valence-electron chi connectivity index (χ3n) is 3.10. The number of ether oxygens (including phenoxy) is 1. The van der Waals surface area contributed by atoms with E-state index in [4.69, 9.17) is 22.1 Å².